The largest absolute Gasteiger partial charge is 0.387 e. The van der Waals surface area contributed by atoms with Crippen LogP contribution in [-0.2, 0) is 6.42 Å². The summed E-state index contributed by atoms with van der Waals surface area (Å²) in [7, 11) is 0. The summed E-state index contributed by atoms with van der Waals surface area (Å²) < 4.78 is 0. The van der Waals surface area contributed by atoms with Crippen molar-refractivity contribution in [3.63, 3.8) is 0 Å². The Bertz CT molecular complexity index is 565. The molecule has 4 nitrogen and oxygen atoms in total. The lowest BCUT2D eigenvalue weighted by atomic mass is 10.1. The van der Waals surface area contributed by atoms with Gasteiger partial charge in [-0.15, -0.1) is 11.3 Å². The van der Waals surface area contributed by atoms with Crippen molar-refractivity contribution in [1.29, 1.82) is 0 Å². The summed E-state index contributed by atoms with van der Waals surface area (Å²) in [5.41, 5.74) is 0.617. The summed E-state index contributed by atoms with van der Waals surface area (Å²) in [6.45, 7) is 1.96. The van der Waals surface area contributed by atoms with E-state index in [-0.39, 0.29) is 12.1 Å². The van der Waals surface area contributed by atoms with E-state index in [4.69, 9.17) is 0 Å². The van der Waals surface area contributed by atoms with Gasteiger partial charge in [-0.05, 0) is 19.1 Å². The number of aliphatic hydroxyl groups excluding tert-OH is 1. The first-order valence-corrected chi connectivity index (χ1v) is 6.36. The van der Waals surface area contributed by atoms with Crippen LogP contribution in [0.4, 0.5) is 5.69 Å². The molecule has 0 aliphatic heterocycles. The number of hydrogen-bond donors (Lipinski definition) is 1. The molecule has 94 valence electrons. The number of nitro groups is 1. The number of nitrogens with zero attached hydrogens (tertiary/aromatic N) is 1. The molecule has 0 aliphatic carbocycles. The number of hydrogen-bond acceptors (Lipinski definition) is 4. The van der Waals surface area contributed by atoms with Crippen LogP contribution in [0, 0.1) is 17.0 Å². The van der Waals surface area contributed by atoms with Crippen LogP contribution in [-0.4, -0.2) is 10.0 Å². The van der Waals surface area contributed by atoms with Gasteiger partial charge in [0.05, 0.1) is 11.0 Å². The number of rotatable bonds is 4. The first-order chi connectivity index (χ1) is 8.58. The molecule has 0 saturated heterocycles. The minimum absolute atomic E-state index is 0.0600. The lowest BCUT2D eigenvalue weighted by Crippen LogP contribution is -2.02. The van der Waals surface area contributed by atoms with E-state index in [0.29, 0.717) is 5.56 Å². The van der Waals surface area contributed by atoms with E-state index < -0.39 is 11.0 Å². The zero-order valence-electron chi connectivity index (χ0n) is 9.87. The molecule has 18 heavy (non-hydrogen) atoms. The molecule has 5 heteroatoms. The lowest BCUT2D eigenvalue weighted by molar-refractivity contribution is -0.385. The van der Waals surface area contributed by atoms with Gasteiger partial charge in [0.1, 0.15) is 0 Å². The molecule has 2 aromatic rings. The second-order valence-electron chi connectivity index (χ2n) is 4.05. The third-order valence-corrected chi connectivity index (χ3v) is 3.79. The summed E-state index contributed by atoms with van der Waals surface area (Å²) in [6, 6.07) is 10.3. The van der Waals surface area contributed by atoms with Crippen molar-refractivity contribution >= 4 is 17.0 Å². The molecule has 0 radical (unpaired) electrons. The van der Waals surface area contributed by atoms with E-state index in [1.165, 1.54) is 17.4 Å². The molecule has 0 aliphatic rings. The van der Waals surface area contributed by atoms with Crippen molar-refractivity contribution in [2.75, 3.05) is 0 Å². The van der Waals surface area contributed by atoms with Crippen LogP contribution in [0.5, 0.6) is 0 Å². The normalized spacial score (nSPS) is 12.3. The van der Waals surface area contributed by atoms with Crippen LogP contribution in [0.2, 0.25) is 0 Å². The third-order valence-electron chi connectivity index (χ3n) is 2.69. The summed E-state index contributed by atoms with van der Waals surface area (Å²) in [4.78, 5) is 12.4. The Balaban J connectivity index is 2.21. The van der Waals surface area contributed by atoms with Crippen LogP contribution in [0.25, 0.3) is 0 Å². The van der Waals surface area contributed by atoms with Crippen LogP contribution in [0.3, 0.4) is 0 Å². The topological polar surface area (TPSA) is 63.4 Å². The average Bonchev–Trinajstić information content (AvgIpc) is 2.76. The van der Waals surface area contributed by atoms with E-state index in [0.717, 1.165) is 9.75 Å². The van der Waals surface area contributed by atoms with Crippen LogP contribution < -0.4 is 0 Å². The Morgan fingerprint density at radius 1 is 1.33 bits per heavy atom. The second-order valence-corrected chi connectivity index (χ2v) is 5.37. The lowest BCUT2D eigenvalue weighted by Gasteiger charge is -2.08. The maximum absolute atomic E-state index is 10.9. The predicted octanol–water partition coefficient (Wildman–Crippen LogP) is 3.24. The van der Waals surface area contributed by atoms with Gasteiger partial charge in [0.2, 0.25) is 0 Å². The number of aliphatic hydroxyl groups is 1. The molecule has 1 heterocycles. The van der Waals surface area contributed by atoms with Crippen molar-refractivity contribution in [2.45, 2.75) is 19.4 Å². The van der Waals surface area contributed by atoms with Gasteiger partial charge in [0, 0.05) is 27.8 Å². The molecule has 0 amide bonds. The summed E-state index contributed by atoms with van der Waals surface area (Å²) in [5.74, 6) is 0. The van der Waals surface area contributed by atoms with E-state index in [1.54, 1.807) is 18.2 Å². The highest BCUT2D eigenvalue weighted by molar-refractivity contribution is 7.12. The van der Waals surface area contributed by atoms with Gasteiger partial charge in [-0.3, -0.25) is 10.1 Å². The Morgan fingerprint density at radius 2 is 2.06 bits per heavy atom. The molecule has 2 rings (SSSR count). The molecule has 1 aromatic heterocycles. The van der Waals surface area contributed by atoms with Crippen LogP contribution in [0.15, 0.2) is 36.4 Å². The Kier molecular flexibility index (Phi) is 3.74. The highest BCUT2D eigenvalue weighted by atomic mass is 32.1. The number of nitro benzene ring substituents is 1. The van der Waals surface area contributed by atoms with E-state index in [9.17, 15) is 15.2 Å². The van der Waals surface area contributed by atoms with E-state index >= 15 is 0 Å². The summed E-state index contributed by atoms with van der Waals surface area (Å²) in [5, 5.41) is 21.0. The van der Waals surface area contributed by atoms with Gasteiger partial charge in [0.25, 0.3) is 5.69 Å². The molecule has 0 bridgehead atoms. The quantitative estimate of drug-likeness (QED) is 0.680. The molecule has 1 unspecified atom stereocenters. The van der Waals surface area contributed by atoms with Gasteiger partial charge >= 0.3 is 0 Å². The van der Waals surface area contributed by atoms with Crippen molar-refractivity contribution in [3.05, 3.63) is 61.8 Å². The van der Waals surface area contributed by atoms with Crippen molar-refractivity contribution in [3.8, 4) is 0 Å². The Morgan fingerprint density at radius 3 is 2.67 bits per heavy atom. The fourth-order valence-corrected chi connectivity index (χ4v) is 2.67. The maximum atomic E-state index is 10.9. The number of aryl methyl sites for hydroxylation is 1. The molecular weight excluding hydrogens is 250 g/mol. The fraction of sp³-hybridized carbons (Fsp3) is 0.231. The molecule has 1 aromatic carbocycles. The van der Waals surface area contributed by atoms with E-state index in [1.807, 2.05) is 19.1 Å². The standard InChI is InChI=1S/C13H13NO3S/c1-9-6-7-13(18-9)12(15)8-10-4-2-3-5-11(10)14(16)17/h2-7,12,15H,8H2,1H3. The van der Waals surface area contributed by atoms with Gasteiger partial charge in [-0.25, -0.2) is 0 Å². The smallest absolute Gasteiger partial charge is 0.272 e. The van der Waals surface area contributed by atoms with Crippen molar-refractivity contribution in [2.24, 2.45) is 0 Å². The van der Waals surface area contributed by atoms with Crippen molar-refractivity contribution in [1.82, 2.24) is 0 Å². The molecule has 1 atom stereocenters. The van der Waals surface area contributed by atoms with Gasteiger partial charge in [-0.2, -0.15) is 0 Å². The van der Waals surface area contributed by atoms with Gasteiger partial charge < -0.3 is 5.11 Å². The van der Waals surface area contributed by atoms with Crippen LogP contribution in [0.1, 0.15) is 21.4 Å². The first-order valence-electron chi connectivity index (χ1n) is 5.54. The molecule has 0 fully saturated rings. The third kappa shape index (κ3) is 2.75. The van der Waals surface area contributed by atoms with Gasteiger partial charge in [-0.1, -0.05) is 18.2 Å². The molecule has 1 N–H and O–H groups in total. The first kappa shape index (κ1) is 12.7. The number of benzene rings is 1. The molecular formula is C13H13NO3S. The SMILES string of the molecule is Cc1ccc(C(O)Cc2ccccc2[N+](=O)[O-])s1. The minimum atomic E-state index is -0.690. The monoisotopic (exact) mass is 263 g/mol. The fourth-order valence-electron chi connectivity index (χ4n) is 1.80. The average molecular weight is 263 g/mol. The highest BCUT2D eigenvalue weighted by Gasteiger charge is 2.17. The van der Waals surface area contributed by atoms with Gasteiger partial charge in [0.15, 0.2) is 0 Å². The predicted molar refractivity (Wildman–Crippen MR) is 70.8 cm³/mol. The summed E-state index contributed by atoms with van der Waals surface area (Å²) >= 11 is 1.51. The minimum Gasteiger partial charge on any atom is -0.387 e. The molecule has 0 saturated carbocycles. The highest BCUT2D eigenvalue weighted by Crippen LogP contribution is 2.28. The zero-order chi connectivity index (χ0) is 13.1. The van der Waals surface area contributed by atoms with Crippen LogP contribution >= 0.6 is 11.3 Å². The maximum Gasteiger partial charge on any atom is 0.272 e. The number of para-hydroxylation sites is 1. The van der Waals surface area contributed by atoms with Crippen molar-refractivity contribution < 1.29 is 10.0 Å². The second kappa shape index (κ2) is 5.29. The summed E-state index contributed by atoms with van der Waals surface area (Å²) in [6.07, 6.45) is -0.429. The Hall–Kier alpha value is -1.72. The molecule has 0 spiro atoms. The van der Waals surface area contributed by atoms with E-state index in [2.05, 4.69) is 0 Å². The number of thiophene rings is 1. The Labute approximate surface area is 109 Å². The zero-order valence-corrected chi connectivity index (χ0v) is 10.7.